The molecular formula is C39H52N6O8S. The van der Waals surface area contributed by atoms with E-state index in [9.17, 15) is 24.3 Å². The number of aliphatic hydroxyl groups excluding tert-OH is 1. The van der Waals surface area contributed by atoms with Crippen LogP contribution in [0.4, 0.5) is 4.79 Å². The maximum Gasteiger partial charge on any atom is 0.407 e. The van der Waals surface area contributed by atoms with Gasteiger partial charge in [-0.1, -0.05) is 45.0 Å². The molecule has 2 aromatic heterocycles. The number of carbonyl (C=O) groups is 4. The third-order valence-corrected chi connectivity index (χ3v) is 10.2. The van der Waals surface area contributed by atoms with Crippen LogP contribution in [0, 0.1) is 12.3 Å². The zero-order valence-electron chi connectivity index (χ0n) is 32.2. The van der Waals surface area contributed by atoms with Crippen LogP contribution in [0.25, 0.3) is 10.4 Å². The molecule has 15 heteroatoms. The van der Waals surface area contributed by atoms with Crippen LogP contribution in [-0.2, 0) is 19.1 Å². The molecule has 4 atom stereocenters. The van der Waals surface area contributed by atoms with Crippen molar-refractivity contribution in [2.75, 3.05) is 13.2 Å². The number of alkyl carbamates (subject to hydrolysis) is 1. The summed E-state index contributed by atoms with van der Waals surface area (Å²) in [6, 6.07) is 8.86. The Labute approximate surface area is 320 Å². The molecule has 0 spiro atoms. The molecule has 5 rings (SSSR count). The maximum atomic E-state index is 14.0. The van der Waals surface area contributed by atoms with Crippen molar-refractivity contribution in [2.45, 2.75) is 117 Å². The fourth-order valence-corrected chi connectivity index (χ4v) is 7.13. The third kappa shape index (κ3) is 10.7. The Morgan fingerprint density at radius 3 is 2.28 bits per heavy atom. The van der Waals surface area contributed by atoms with Crippen LogP contribution in [0.3, 0.4) is 0 Å². The summed E-state index contributed by atoms with van der Waals surface area (Å²) in [4.78, 5) is 63.7. The second kappa shape index (κ2) is 16.7. The fourth-order valence-electron chi connectivity index (χ4n) is 6.31. The van der Waals surface area contributed by atoms with Crippen molar-refractivity contribution in [3.63, 3.8) is 0 Å². The molecule has 1 aromatic carbocycles. The van der Waals surface area contributed by atoms with Gasteiger partial charge in [0.05, 0.1) is 34.4 Å². The van der Waals surface area contributed by atoms with Crippen LogP contribution in [-0.4, -0.2) is 92.9 Å². The molecule has 2 aliphatic rings. The SMILES string of the molecule is Cc1ncsc1-c1ccc([C@H](C)NC(=O)[C@@H]2C[C@@H](O)CN2C(=O)[C@@H](NC(=O)COc2ccc(OC3CC(NC(=O)OC(C)(C)C)C3)nc2)C(C)(C)C)cc1. The van der Waals surface area contributed by atoms with Crippen LogP contribution < -0.4 is 25.4 Å². The van der Waals surface area contributed by atoms with Gasteiger partial charge in [-0.05, 0) is 57.2 Å². The highest BCUT2D eigenvalue weighted by Crippen LogP contribution is 2.30. The fraction of sp³-hybridized carbons (Fsp3) is 0.538. The first-order chi connectivity index (χ1) is 25.4. The van der Waals surface area contributed by atoms with E-state index in [1.54, 1.807) is 23.5 Å². The van der Waals surface area contributed by atoms with E-state index in [1.165, 1.54) is 11.1 Å². The number of nitrogens with zero attached hydrogens (tertiary/aromatic N) is 3. The van der Waals surface area contributed by atoms with E-state index in [0.29, 0.717) is 24.5 Å². The molecule has 14 nitrogen and oxygen atoms in total. The van der Waals surface area contributed by atoms with Gasteiger partial charge in [0.1, 0.15) is 29.5 Å². The van der Waals surface area contributed by atoms with Crippen molar-refractivity contribution in [1.29, 1.82) is 0 Å². The van der Waals surface area contributed by atoms with Gasteiger partial charge in [-0.3, -0.25) is 14.4 Å². The Hall–Kier alpha value is -4.76. The maximum absolute atomic E-state index is 14.0. The normalized spacial score (nSPS) is 20.9. The van der Waals surface area contributed by atoms with Crippen molar-refractivity contribution >= 4 is 35.2 Å². The summed E-state index contributed by atoms with van der Waals surface area (Å²) in [7, 11) is 0. The molecule has 54 heavy (non-hydrogen) atoms. The lowest BCUT2D eigenvalue weighted by atomic mass is 9.85. The predicted octanol–water partition coefficient (Wildman–Crippen LogP) is 4.70. The Balaban J connectivity index is 1.11. The number of rotatable bonds is 12. The van der Waals surface area contributed by atoms with Gasteiger partial charge in [-0.15, -0.1) is 11.3 Å². The lowest BCUT2D eigenvalue weighted by Gasteiger charge is -2.35. The Kier molecular flexibility index (Phi) is 12.5. The Morgan fingerprint density at radius 2 is 1.69 bits per heavy atom. The van der Waals surface area contributed by atoms with E-state index in [0.717, 1.165) is 21.7 Å². The number of aryl methyl sites for hydroxylation is 1. The topological polar surface area (TPSA) is 181 Å². The van der Waals surface area contributed by atoms with Crippen LogP contribution in [0.15, 0.2) is 48.1 Å². The predicted molar refractivity (Wildman–Crippen MR) is 203 cm³/mol. The van der Waals surface area contributed by atoms with Gasteiger partial charge >= 0.3 is 6.09 Å². The molecule has 0 bridgehead atoms. The number of β-amino-alcohol motifs (C(OH)–C–C–N with tert-alkyl or cyclic N) is 1. The summed E-state index contributed by atoms with van der Waals surface area (Å²) in [6.45, 7) is 14.3. The van der Waals surface area contributed by atoms with Crippen LogP contribution >= 0.6 is 11.3 Å². The summed E-state index contributed by atoms with van der Waals surface area (Å²) in [5.41, 5.74) is 3.41. The Bertz CT molecular complexity index is 1780. The first-order valence-electron chi connectivity index (χ1n) is 18.2. The molecule has 3 heterocycles. The zero-order chi connectivity index (χ0) is 39.4. The van der Waals surface area contributed by atoms with Gasteiger partial charge in [0.25, 0.3) is 5.91 Å². The minimum atomic E-state index is -1.00. The summed E-state index contributed by atoms with van der Waals surface area (Å²) in [5, 5.41) is 19.2. The first-order valence-corrected chi connectivity index (χ1v) is 19.1. The number of aromatic nitrogens is 2. The molecule has 1 saturated carbocycles. The average molecular weight is 765 g/mol. The molecule has 2 fully saturated rings. The van der Waals surface area contributed by atoms with E-state index in [-0.39, 0.29) is 43.7 Å². The third-order valence-electron chi connectivity index (χ3n) is 9.24. The van der Waals surface area contributed by atoms with Crippen molar-refractivity contribution in [3.05, 3.63) is 59.4 Å². The number of hydrogen-bond donors (Lipinski definition) is 4. The highest BCUT2D eigenvalue weighted by Gasteiger charge is 2.45. The average Bonchev–Trinajstić information content (AvgIpc) is 3.69. The number of benzene rings is 1. The molecule has 1 aliphatic carbocycles. The summed E-state index contributed by atoms with van der Waals surface area (Å²) in [6.07, 6.45) is 1.31. The van der Waals surface area contributed by atoms with Gasteiger partial charge in [0.15, 0.2) is 6.61 Å². The minimum absolute atomic E-state index is 0.0327. The van der Waals surface area contributed by atoms with E-state index in [4.69, 9.17) is 14.2 Å². The smallest absolute Gasteiger partial charge is 0.407 e. The standard InChI is InChI=1S/C39H52N6O8S/c1-22(24-9-11-25(12-10-24)33-23(2)41-21-54-33)42-35(48)30-17-27(46)19-45(30)36(49)34(38(3,4)5)44-31(47)20-51-28-13-14-32(40-18-28)52-29-15-26(16-29)43-37(50)53-39(6,7)8/h9-14,18,21-22,26-27,29-30,34,46H,15-17,19-20H2,1-8H3,(H,42,48)(H,43,50)(H,44,47)/t22-,26?,27+,29?,30-,34+/m0/s1. The summed E-state index contributed by atoms with van der Waals surface area (Å²) < 4.78 is 16.8. The molecule has 0 unspecified atom stereocenters. The zero-order valence-corrected chi connectivity index (χ0v) is 33.0. The number of thiazole rings is 1. The van der Waals surface area contributed by atoms with Crippen LogP contribution in [0.2, 0.25) is 0 Å². The van der Waals surface area contributed by atoms with Crippen molar-refractivity contribution in [3.8, 4) is 22.1 Å². The molecule has 292 valence electrons. The van der Waals surface area contributed by atoms with Gasteiger partial charge < -0.3 is 40.2 Å². The molecule has 3 aromatic rings. The van der Waals surface area contributed by atoms with E-state index < -0.39 is 47.1 Å². The first kappa shape index (κ1) is 40.4. The number of pyridine rings is 1. The monoisotopic (exact) mass is 764 g/mol. The number of amides is 4. The molecular weight excluding hydrogens is 713 g/mol. The molecule has 1 saturated heterocycles. The van der Waals surface area contributed by atoms with E-state index >= 15 is 0 Å². The molecule has 1 aliphatic heterocycles. The van der Waals surface area contributed by atoms with Gasteiger partial charge in [-0.2, -0.15) is 0 Å². The summed E-state index contributed by atoms with van der Waals surface area (Å²) >= 11 is 1.57. The van der Waals surface area contributed by atoms with Gasteiger partial charge in [-0.25, -0.2) is 14.8 Å². The number of hydrogen-bond acceptors (Lipinski definition) is 11. The number of nitrogens with one attached hydrogen (secondary N) is 3. The number of carbonyl (C=O) groups excluding carboxylic acids is 4. The van der Waals surface area contributed by atoms with Gasteiger partial charge in [0, 0.05) is 37.9 Å². The van der Waals surface area contributed by atoms with Crippen molar-refractivity contribution in [1.82, 2.24) is 30.8 Å². The second-order valence-corrected chi connectivity index (χ2v) is 16.9. The second-order valence-electron chi connectivity index (χ2n) is 16.1. The van der Waals surface area contributed by atoms with Crippen molar-refractivity contribution in [2.24, 2.45) is 5.41 Å². The number of ether oxygens (including phenoxy) is 3. The Morgan fingerprint density at radius 1 is 0.981 bits per heavy atom. The lowest BCUT2D eigenvalue weighted by Crippen LogP contribution is -2.58. The van der Waals surface area contributed by atoms with E-state index in [1.807, 2.05) is 85.2 Å². The number of aliphatic hydroxyl groups is 1. The van der Waals surface area contributed by atoms with Gasteiger partial charge in [0.2, 0.25) is 17.7 Å². The largest absolute Gasteiger partial charge is 0.482 e. The quantitative estimate of drug-likeness (QED) is 0.202. The minimum Gasteiger partial charge on any atom is -0.482 e. The molecule has 0 radical (unpaired) electrons. The molecule has 4 N–H and O–H groups in total. The van der Waals surface area contributed by atoms with Crippen LogP contribution in [0.1, 0.15) is 85.0 Å². The van der Waals surface area contributed by atoms with Crippen LogP contribution in [0.5, 0.6) is 11.6 Å². The van der Waals surface area contributed by atoms with E-state index in [2.05, 4.69) is 25.9 Å². The summed E-state index contributed by atoms with van der Waals surface area (Å²) in [5.74, 6) is -0.672. The number of likely N-dealkylation sites (tertiary alicyclic amines) is 1. The lowest BCUT2D eigenvalue weighted by molar-refractivity contribution is -0.144. The molecule has 4 amide bonds. The highest BCUT2D eigenvalue weighted by molar-refractivity contribution is 7.13. The van der Waals surface area contributed by atoms with Crippen molar-refractivity contribution < 1.29 is 38.5 Å². The highest BCUT2D eigenvalue weighted by atomic mass is 32.1.